The van der Waals surface area contributed by atoms with Gasteiger partial charge in [0, 0.05) is 0 Å². The standard InChI is InChI=1S/C11H4Br2Cl3NOS/c12-9-1-4(10(13)19-9)11(18)17-8-3-6(15)5(14)2-7(8)16/h1-3H,(H,17,18). The lowest BCUT2D eigenvalue weighted by Gasteiger charge is -2.08. The third-order valence-corrected chi connectivity index (χ3v) is 5.53. The van der Waals surface area contributed by atoms with Crippen molar-refractivity contribution in [3.05, 3.63) is 46.4 Å². The van der Waals surface area contributed by atoms with E-state index in [1.165, 1.54) is 23.5 Å². The van der Waals surface area contributed by atoms with Crippen LogP contribution in [0.25, 0.3) is 0 Å². The smallest absolute Gasteiger partial charge is 0.257 e. The molecule has 0 radical (unpaired) electrons. The first-order valence-electron chi connectivity index (χ1n) is 4.79. The molecule has 0 aliphatic carbocycles. The van der Waals surface area contributed by atoms with Gasteiger partial charge in [-0.15, -0.1) is 11.3 Å². The molecule has 0 saturated heterocycles. The van der Waals surface area contributed by atoms with E-state index in [0.29, 0.717) is 26.3 Å². The third kappa shape index (κ3) is 3.65. The molecule has 2 aromatic rings. The van der Waals surface area contributed by atoms with Crippen LogP contribution in [0.3, 0.4) is 0 Å². The van der Waals surface area contributed by atoms with Crippen molar-refractivity contribution in [2.75, 3.05) is 5.32 Å². The van der Waals surface area contributed by atoms with E-state index in [0.717, 1.165) is 7.57 Å². The van der Waals surface area contributed by atoms with Crippen molar-refractivity contribution in [3.8, 4) is 0 Å². The maximum atomic E-state index is 12.1. The number of nitrogens with one attached hydrogen (secondary N) is 1. The van der Waals surface area contributed by atoms with Crippen molar-refractivity contribution in [1.29, 1.82) is 0 Å². The summed E-state index contributed by atoms with van der Waals surface area (Å²) in [7, 11) is 0. The molecule has 1 amide bonds. The maximum absolute atomic E-state index is 12.1. The number of carbonyl (C=O) groups is 1. The second-order valence-electron chi connectivity index (χ2n) is 3.44. The zero-order chi connectivity index (χ0) is 14.2. The van der Waals surface area contributed by atoms with Gasteiger partial charge >= 0.3 is 0 Å². The molecule has 2 rings (SSSR count). The Hall–Kier alpha value is 0.220. The van der Waals surface area contributed by atoms with E-state index >= 15 is 0 Å². The van der Waals surface area contributed by atoms with Gasteiger partial charge in [-0.05, 0) is 50.1 Å². The lowest BCUT2D eigenvalue weighted by atomic mass is 10.2. The van der Waals surface area contributed by atoms with Crippen molar-refractivity contribution in [2.45, 2.75) is 0 Å². The zero-order valence-corrected chi connectivity index (χ0v) is 15.2. The minimum atomic E-state index is -0.283. The van der Waals surface area contributed by atoms with Gasteiger partial charge in [-0.3, -0.25) is 4.79 Å². The monoisotopic (exact) mass is 461 g/mol. The highest BCUT2D eigenvalue weighted by atomic mass is 79.9. The zero-order valence-electron chi connectivity index (χ0n) is 8.94. The molecule has 1 aromatic carbocycles. The average molecular weight is 464 g/mol. The Balaban J connectivity index is 2.29. The SMILES string of the molecule is O=C(Nc1cc(Cl)c(Cl)cc1Cl)c1cc(Br)sc1Br. The predicted octanol–water partition coefficient (Wildman–Crippen LogP) is 6.49. The number of rotatable bonds is 2. The highest BCUT2D eigenvalue weighted by molar-refractivity contribution is 9.12. The molecule has 0 saturated carbocycles. The van der Waals surface area contributed by atoms with Crippen LogP contribution >= 0.6 is 78.0 Å². The normalized spacial score (nSPS) is 10.6. The molecule has 0 aliphatic rings. The summed E-state index contributed by atoms with van der Waals surface area (Å²) in [5.74, 6) is -0.283. The number of benzene rings is 1. The number of anilines is 1. The first kappa shape index (κ1) is 15.6. The molecule has 0 spiro atoms. The van der Waals surface area contributed by atoms with Crippen LogP contribution in [0, 0.1) is 0 Å². The Kier molecular flexibility index (Phi) is 5.20. The van der Waals surface area contributed by atoms with Crippen LogP contribution in [0.15, 0.2) is 25.8 Å². The Labute approximate surface area is 145 Å². The van der Waals surface area contributed by atoms with Crippen molar-refractivity contribution < 1.29 is 4.79 Å². The highest BCUT2D eigenvalue weighted by Gasteiger charge is 2.15. The molecule has 19 heavy (non-hydrogen) atoms. The van der Waals surface area contributed by atoms with Crippen LogP contribution in [0.5, 0.6) is 0 Å². The summed E-state index contributed by atoms with van der Waals surface area (Å²) in [6, 6.07) is 4.72. The number of carbonyl (C=O) groups excluding carboxylic acids is 1. The van der Waals surface area contributed by atoms with Crippen LogP contribution < -0.4 is 5.32 Å². The van der Waals surface area contributed by atoms with Gasteiger partial charge in [0.25, 0.3) is 5.91 Å². The minimum Gasteiger partial charge on any atom is -0.321 e. The number of thiophene rings is 1. The molecule has 1 N–H and O–H groups in total. The molecule has 8 heteroatoms. The molecule has 0 bridgehead atoms. The van der Waals surface area contributed by atoms with Gasteiger partial charge < -0.3 is 5.32 Å². The molecule has 1 heterocycles. The molecule has 0 atom stereocenters. The van der Waals surface area contributed by atoms with Crippen molar-refractivity contribution >= 4 is 89.6 Å². The lowest BCUT2D eigenvalue weighted by Crippen LogP contribution is -2.11. The molecule has 0 aliphatic heterocycles. The van der Waals surface area contributed by atoms with E-state index < -0.39 is 0 Å². The summed E-state index contributed by atoms with van der Waals surface area (Å²) in [5, 5.41) is 3.68. The van der Waals surface area contributed by atoms with Crippen molar-refractivity contribution in [2.24, 2.45) is 0 Å². The first-order chi connectivity index (χ1) is 8.88. The van der Waals surface area contributed by atoms with Gasteiger partial charge in [-0.1, -0.05) is 34.8 Å². The molecule has 2 nitrogen and oxygen atoms in total. The van der Waals surface area contributed by atoms with Gasteiger partial charge in [0.1, 0.15) is 0 Å². The topological polar surface area (TPSA) is 29.1 Å². The lowest BCUT2D eigenvalue weighted by molar-refractivity contribution is 0.102. The Morgan fingerprint density at radius 2 is 1.68 bits per heavy atom. The molecule has 0 fully saturated rings. The minimum absolute atomic E-state index is 0.283. The fraction of sp³-hybridized carbons (Fsp3) is 0. The van der Waals surface area contributed by atoms with Crippen molar-refractivity contribution in [1.82, 2.24) is 0 Å². The van der Waals surface area contributed by atoms with Crippen LogP contribution in [-0.4, -0.2) is 5.91 Å². The van der Waals surface area contributed by atoms with E-state index in [-0.39, 0.29) is 5.91 Å². The Morgan fingerprint density at radius 3 is 2.26 bits per heavy atom. The number of hydrogen-bond donors (Lipinski definition) is 1. The largest absolute Gasteiger partial charge is 0.321 e. The molecule has 1 aromatic heterocycles. The van der Waals surface area contributed by atoms with Gasteiger partial charge in [-0.25, -0.2) is 0 Å². The van der Waals surface area contributed by atoms with E-state index in [9.17, 15) is 4.79 Å². The number of halogens is 5. The van der Waals surface area contributed by atoms with E-state index in [1.54, 1.807) is 6.07 Å². The second-order valence-corrected chi connectivity index (χ2v) is 8.41. The van der Waals surface area contributed by atoms with E-state index in [4.69, 9.17) is 34.8 Å². The molecular formula is C11H4Br2Cl3NOS. The summed E-state index contributed by atoms with van der Waals surface area (Å²) in [6.45, 7) is 0. The van der Waals surface area contributed by atoms with Gasteiger partial charge in [-0.2, -0.15) is 0 Å². The van der Waals surface area contributed by atoms with Crippen molar-refractivity contribution in [3.63, 3.8) is 0 Å². The average Bonchev–Trinajstić information content (AvgIpc) is 2.65. The van der Waals surface area contributed by atoms with E-state index in [1.807, 2.05) is 0 Å². The Bertz CT molecular complexity index is 660. The van der Waals surface area contributed by atoms with Gasteiger partial charge in [0.05, 0.1) is 33.9 Å². The summed E-state index contributed by atoms with van der Waals surface area (Å²) < 4.78 is 1.58. The maximum Gasteiger partial charge on any atom is 0.257 e. The summed E-state index contributed by atoms with van der Waals surface area (Å²) in [4.78, 5) is 12.1. The molecule has 100 valence electrons. The highest BCUT2D eigenvalue weighted by Crippen LogP contribution is 2.35. The van der Waals surface area contributed by atoms with E-state index in [2.05, 4.69) is 37.2 Å². The van der Waals surface area contributed by atoms with Crippen LogP contribution in [0.4, 0.5) is 5.69 Å². The second kappa shape index (κ2) is 6.33. The number of amides is 1. The Morgan fingerprint density at radius 1 is 1.05 bits per heavy atom. The predicted molar refractivity (Wildman–Crippen MR) is 89.1 cm³/mol. The summed E-state index contributed by atoms with van der Waals surface area (Å²) in [6.07, 6.45) is 0. The van der Waals surface area contributed by atoms with Gasteiger partial charge in [0.15, 0.2) is 0 Å². The first-order valence-corrected chi connectivity index (χ1v) is 8.33. The fourth-order valence-corrected chi connectivity index (χ4v) is 4.69. The molecular weight excluding hydrogens is 460 g/mol. The molecule has 0 unspecified atom stereocenters. The van der Waals surface area contributed by atoms with Crippen LogP contribution in [0.2, 0.25) is 15.1 Å². The quantitative estimate of drug-likeness (QED) is 0.506. The van der Waals surface area contributed by atoms with Crippen LogP contribution in [0.1, 0.15) is 10.4 Å². The summed E-state index contributed by atoms with van der Waals surface area (Å²) in [5.41, 5.74) is 0.925. The van der Waals surface area contributed by atoms with Crippen LogP contribution in [-0.2, 0) is 0 Å². The summed E-state index contributed by atoms with van der Waals surface area (Å²) >= 11 is 25.8. The fourth-order valence-electron chi connectivity index (χ4n) is 1.30. The number of hydrogen-bond acceptors (Lipinski definition) is 2. The van der Waals surface area contributed by atoms with Gasteiger partial charge in [0.2, 0.25) is 0 Å². The third-order valence-electron chi connectivity index (χ3n) is 2.16.